The Hall–Kier alpha value is -1.55. The summed E-state index contributed by atoms with van der Waals surface area (Å²) in [5, 5.41) is 3.31. The van der Waals surface area contributed by atoms with E-state index in [1.54, 1.807) is 0 Å². The number of benzene rings is 1. The van der Waals surface area contributed by atoms with Gasteiger partial charge in [-0.05, 0) is 37.1 Å². The molecule has 1 heterocycles. The van der Waals surface area contributed by atoms with Crippen molar-refractivity contribution in [1.82, 2.24) is 10.2 Å². The molecule has 0 aliphatic carbocycles. The van der Waals surface area contributed by atoms with Gasteiger partial charge in [-0.25, -0.2) is 0 Å². The average molecular weight is 276 g/mol. The lowest BCUT2D eigenvalue weighted by molar-refractivity contribution is 0.0766. The lowest BCUT2D eigenvalue weighted by Crippen LogP contribution is -2.34. The SMILES string of the molecule is CC(C)COc1cccc(C(=O)N2CCCNCC2)c1. The zero-order valence-electron chi connectivity index (χ0n) is 12.4. The van der Waals surface area contributed by atoms with Gasteiger partial charge >= 0.3 is 0 Å². The molecule has 1 aliphatic rings. The van der Waals surface area contributed by atoms with Crippen molar-refractivity contribution in [3.05, 3.63) is 29.8 Å². The van der Waals surface area contributed by atoms with E-state index in [4.69, 9.17) is 4.74 Å². The van der Waals surface area contributed by atoms with E-state index >= 15 is 0 Å². The summed E-state index contributed by atoms with van der Waals surface area (Å²) in [6.07, 6.45) is 1.01. The summed E-state index contributed by atoms with van der Waals surface area (Å²) < 4.78 is 5.69. The molecule has 1 aromatic carbocycles. The van der Waals surface area contributed by atoms with Crippen molar-refractivity contribution in [1.29, 1.82) is 0 Å². The van der Waals surface area contributed by atoms with E-state index in [1.165, 1.54) is 0 Å². The van der Waals surface area contributed by atoms with Gasteiger partial charge in [0.05, 0.1) is 6.61 Å². The van der Waals surface area contributed by atoms with Crippen LogP contribution in [0.1, 0.15) is 30.6 Å². The van der Waals surface area contributed by atoms with Gasteiger partial charge < -0.3 is 15.0 Å². The second-order valence-electron chi connectivity index (χ2n) is 5.63. The van der Waals surface area contributed by atoms with Crippen molar-refractivity contribution in [2.75, 3.05) is 32.8 Å². The molecule has 110 valence electrons. The highest BCUT2D eigenvalue weighted by molar-refractivity contribution is 5.94. The number of amides is 1. The highest BCUT2D eigenvalue weighted by Crippen LogP contribution is 2.16. The van der Waals surface area contributed by atoms with Crippen LogP contribution in [-0.4, -0.2) is 43.6 Å². The minimum Gasteiger partial charge on any atom is -0.493 e. The van der Waals surface area contributed by atoms with E-state index in [1.807, 2.05) is 29.2 Å². The number of hydrogen-bond donors (Lipinski definition) is 1. The normalized spacial score (nSPS) is 16.1. The standard InChI is InChI=1S/C16H24N2O2/c1-13(2)12-20-15-6-3-5-14(11-15)16(19)18-9-4-7-17-8-10-18/h3,5-6,11,13,17H,4,7-10,12H2,1-2H3. The van der Waals surface area contributed by atoms with Crippen LogP contribution in [0, 0.1) is 5.92 Å². The molecule has 1 amide bonds. The molecule has 0 atom stereocenters. The number of carbonyl (C=O) groups excluding carboxylic acids is 1. The Morgan fingerprint density at radius 1 is 1.35 bits per heavy atom. The van der Waals surface area contributed by atoms with Crippen LogP contribution < -0.4 is 10.1 Å². The molecule has 1 N–H and O–H groups in total. The number of nitrogens with zero attached hydrogens (tertiary/aromatic N) is 1. The second kappa shape index (κ2) is 7.29. The largest absolute Gasteiger partial charge is 0.493 e. The quantitative estimate of drug-likeness (QED) is 0.916. The molecule has 0 radical (unpaired) electrons. The Morgan fingerprint density at radius 3 is 3.00 bits per heavy atom. The first-order valence-corrected chi connectivity index (χ1v) is 7.39. The van der Waals surface area contributed by atoms with Gasteiger partial charge in [0, 0.05) is 25.2 Å². The molecule has 1 saturated heterocycles. The fourth-order valence-electron chi connectivity index (χ4n) is 2.21. The molecular weight excluding hydrogens is 252 g/mol. The summed E-state index contributed by atoms with van der Waals surface area (Å²) in [6.45, 7) is 8.35. The molecule has 2 rings (SSSR count). The monoisotopic (exact) mass is 276 g/mol. The van der Waals surface area contributed by atoms with Crippen molar-refractivity contribution in [3.8, 4) is 5.75 Å². The Balaban J connectivity index is 2.03. The Bertz CT molecular complexity index is 438. The van der Waals surface area contributed by atoms with E-state index in [0.29, 0.717) is 18.1 Å². The minimum absolute atomic E-state index is 0.101. The predicted molar refractivity (Wildman–Crippen MR) is 80.2 cm³/mol. The average Bonchev–Trinajstić information content (AvgIpc) is 2.73. The minimum atomic E-state index is 0.101. The molecule has 1 aromatic rings. The van der Waals surface area contributed by atoms with Crippen molar-refractivity contribution in [2.24, 2.45) is 5.92 Å². The molecule has 1 aliphatic heterocycles. The van der Waals surface area contributed by atoms with E-state index in [-0.39, 0.29) is 5.91 Å². The maximum absolute atomic E-state index is 12.5. The van der Waals surface area contributed by atoms with E-state index < -0.39 is 0 Å². The van der Waals surface area contributed by atoms with Crippen molar-refractivity contribution >= 4 is 5.91 Å². The molecule has 4 heteroatoms. The van der Waals surface area contributed by atoms with Gasteiger partial charge in [0.15, 0.2) is 0 Å². The molecule has 0 spiro atoms. The first-order valence-electron chi connectivity index (χ1n) is 7.39. The maximum atomic E-state index is 12.5. The van der Waals surface area contributed by atoms with Crippen LogP contribution in [0.15, 0.2) is 24.3 Å². The topological polar surface area (TPSA) is 41.6 Å². The number of ether oxygens (including phenoxy) is 1. The first-order chi connectivity index (χ1) is 9.66. The molecule has 0 saturated carbocycles. The van der Waals surface area contributed by atoms with E-state index in [2.05, 4.69) is 19.2 Å². The summed E-state index contributed by atoms with van der Waals surface area (Å²) in [5.74, 6) is 1.35. The predicted octanol–water partition coefficient (Wildman–Crippen LogP) is 2.16. The highest BCUT2D eigenvalue weighted by atomic mass is 16.5. The van der Waals surface area contributed by atoms with Gasteiger partial charge in [-0.3, -0.25) is 4.79 Å². The molecule has 20 heavy (non-hydrogen) atoms. The van der Waals surface area contributed by atoms with Crippen LogP contribution in [0.25, 0.3) is 0 Å². The van der Waals surface area contributed by atoms with Gasteiger partial charge in [-0.1, -0.05) is 19.9 Å². The van der Waals surface area contributed by atoms with Crippen molar-refractivity contribution < 1.29 is 9.53 Å². The van der Waals surface area contributed by atoms with Gasteiger partial charge in [-0.15, -0.1) is 0 Å². The van der Waals surface area contributed by atoms with Gasteiger partial charge in [-0.2, -0.15) is 0 Å². The molecule has 1 fully saturated rings. The number of hydrogen-bond acceptors (Lipinski definition) is 3. The molecule has 0 bridgehead atoms. The van der Waals surface area contributed by atoms with E-state index in [9.17, 15) is 4.79 Å². The maximum Gasteiger partial charge on any atom is 0.254 e. The summed E-state index contributed by atoms with van der Waals surface area (Å²) in [5.41, 5.74) is 0.716. The molecule has 0 aromatic heterocycles. The summed E-state index contributed by atoms with van der Waals surface area (Å²) >= 11 is 0. The third kappa shape index (κ3) is 4.23. The smallest absolute Gasteiger partial charge is 0.254 e. The van der Waals surface area contributed by atoms with Crippen LogP contribution in [0.5, 0.6) is 5.75 Å². The van der Waals surface area contributed by atoms with Crippen LogP contribution in [-0.2, 0) is 0 Å². The van der Waals surface area contributed by atoms with Crippen LogP contribution in [0.4, 0.5) is 0 Å². The van der Waals surface area contributed by atoms with Crippen molar-refractivity contribution in [3.63, 3.8) is 0 Å². The third-order valence-corrected chi connectivity index (χ3v) is 3.29. The van der Waals surface area contributed by atoms with E-state index in [0.717, 1.165) is 38.3 Å². The zero-order chi connectivity index (χ0) is 14.4. The first kappa shape index (κ1) is 14.9. The number of nitrogens with one attached hydrogen (secondary N) is 1. The van der Waals surface area contributed by atoms with Crippen LogP contribution in [0.2, 0.25) is 0 Å². The second-order valence-corrected chi connectivity index (χ2v) is 5.63. The summed E-state index contributed by atoms with van der Waals surface area (Å²) in [4.78, 5) is 14.4. The third-order valence-electron chi connectivity index (χ3n) is 3.29. The fourth-order valence-corrected chi connectivity index (χ4v) is 2.21. The van der Waals surface area contributed by atoms with Crippen LogP contribution in [0.3, 0.4) is 0 Å². The zero-order valence-corrected chi connectivity index (χ0v) is 12.4. The fraction of sp³-hybridized carbons (Fsp3) is 0.562. The Labute approximate surface area is 121 Å². The number of rotatable bonds is 4. The molecule has 4 nitrogen and oxygen atoms in total. The Morgan fingerprint density at radius 2 is 2.20 bits per heavy atom. The van der Waals surface area contributed by atoms with Gasteiger partial charge in [0.1, 0.15) is 5.75 Å². The highest BCUT2D eigenvalue weighted by Gasteiger charge is 2.17. The van der Waals surface area contributed by atoms with Crippen molar-refractivity contribution in [2.45, 2.75) is 20.3 Å². The lowest BCUT2D eigenvalue weighted by atomic mass is 10.2. The number of carbonyl (C=O) groups is 1. The molecular formula is C16H24N2O2. The Kier molecular flexibility index (Phi) is 5.41. The van der Waals surface area contributed by atoms with Gasteiger partial charge in [0.25, 0.3) is 5.91 Å². The van der Waals surface area contributed by atoms with Gasteiger partial charge in [0.2, 0.25) is 0 Å². The summed E-state index contributed by atoms with van der Waals surface area (Å²) in [6, 6.07) is 7.51. The lowest BCUT2D eigenvalue weighted by Gasteiger charge is -2.20. The molecule has 0 unspecified atom stereocenters. The van der Waals surface area contributed by atoms with Crippen LogP contribution >= 0.6 is 0 Å². The summed E-state index contributed by atoms with van der Waals surface area (Å²) in [7, 11) is 0.